The zero-order chi connectivity index (χ0) is 19.4. The number of hydrogen-bond donors (Lipinski definition) is 0. The van der Waals surface area contributed by atoms with E-state index in [0.717, 1.165) is 24.1 Å². The Morgan fingerprint density at radius 3 is 2.37 bits per heavy atom. The second-order valence-corrected chi connectivity index (χ2v) is 6.25. The largest absolute Gasteiger partial charge is 0.353 e. The fourth-order valence-corrected chi connectivity index (χ4v) is 3.32. The minimum atomic E-state index is -0.456. The van der Waals surface area contributed by atoms with Crippen molar-refractivity contribution in [3.63, 3.8) is 0 Å². The standard InChI is InChI=1S/C18H21N7O2/c1-3-14-15(11-19)18(22-21-16(14)4-2)24-9-7-23(8-10-24)17-6-5-13(12-20-17)25(26)27/h5-6,12H,3-4,7-10H2,1-2H3. The SMILES string of the molecule is CCc1nnc(N2CCN(c3ccc([N+](=O)[O-])cn3)CC2)c(C#N)c1CC. The Bertz CT molecular complexity index is 869. The van der Waals surface area contributed by atoms with Crippen LogP contribution in [0.25, 0.3) is 0 Å². The number of pyridine rings is 1. The molecule has 2 aromatic heterocycles. The number of nitro groups is 1. The van der Waals surface area contributed by atoms with Gasteiger partial charge in [-0.3, -0.25) is 10.1 Å². The van der Waals surface area contributed by atoms with Crippen LogP contribution < -0.4 is 9.80 Å². The summed E-state index contributed by atoms with van der Waals surface area (Å²) in [7, 11) is 0. The summed E-state index contributed by atoms with van der Waals surface area (Å²) >= 11 is 0. The number of nitrogens with zero attached hydrogens (tertiary/aromatic N) is 7. The molecular formula is C18H21N7O2. The highest BCUT2D eigenvalue weighted by Crippen LogP contribution is 2.25. The monoisotopic (exact) mass is 367 g/mol. The Hall–Kier alpha value is -3.28. The number of aromatic nitrogens is 3. The molecule has 0 saturated carbocycles. The van der Waals surface area contributed by atoms with Gasteiger partial charge in [-0.1, -0.05) is 13.8 Å². The molecular weight excluding hydrogens is 346 g/mol. The lowest BCUT2D eigenvalue weighted by Gasteiger charge is -2.36. The minimum Gasteiger partial charge on any atom is -0.353 e. The fourth-order valence-electron chi connectivity index (χ4n) is 3.32. The second kappa shape index (κ2) is 7.95. The molecule has 0 unspecified atom stereocenters. The van der Waals surface area contributed by atoms with Crippen LogP contribution in [0.2, 0.25) is 0 Å². The number of hydrogen-bond acceptors (Lipinski definition) is 8. The molecule has 1 aliphatic rings. The molecule has 1 saturated heterocycles. The molecule has 9 nitrogen and oxygen atoms in total. The van der Waals surface area contributed by atoms with Crippen molar-refractivity contribution in [2.45, 2.75) is 26.7 Å². The lowest BCUT2D eigenvalue weighted by molar-refractivity contribution is -0.385. The van der Waals surface area contributed by atoms with Gasteiger partial charge >= 0.3 is 0 Å². The van der Waals surface area contributed by atoms with Crippen molar-refractivity contribution in [3.8, 4) is 6.07 Å². The molecule has 27 heavy (non-hydrogen) atoms. The summed E-state index contributed by atoms with van der Waals surface area (Å²) in [5.74, 6) is 1.35. The van der Waals surface area contributed by atoms with Crippen LogP contribution in [-0.2, 0) is 12.8 Å². The van der Waals surface area contributed by atoms with E-state index in [-0.39, 0.29) is 5.69 Å². The van der Waals surface area contributed by atoms with Gasteiger partial charge in [0.2, 0.25) is 0 Å². The van der Waals surface area contributed by atoms with E-state index < -0.39 is 4.92 Å². The summed E-state index contributed by atoms with van der Waals surface area (Å²) < 4.78 is 0. The molecule has 1 aliphatic heterocycles. The smallest absolute Gasteiger partial charge is 0.287 e. The van der Waals surface area contributed by atoms with Crippen LogP contribution in [0.15, 0.2) is 18.3 Å². The van der Waals surface area contributed by atoms with Gasteiger partial charge in [-0.2, -0.15) is 10.4 Å². The average Bonchev–Trinajstić information content (AvgIpc) is 2.72. The molecule has 1 fully saturated rings. The van der Waals surface area contributed by atoms with Gasteiger partial charge in [0.25, 0.3) is 5.69 Å². The van der Waals surface area contributed by atoms with E-state index in [2.05, 4.69) is 31.1 Å². The summed E-state index contributed by atoms with van der Waals surface area (Å²) in [5, 5.41) is 29.1. The third-order valence-electron chi connectivity index (χ3n) is 4.79. The Kier molecular flexibility index (Phi) is 5.45. The van der Waals surface area contributed by atoms with Gasteiger partial charge in [0.05, 0.1) is 10.6 Å². The normalized spacial score (nSPS) is 14.1. The molecule has 2 aromatic rings. The van der Waals surface area contributed by atoms with Crippen LogP contribution in [0.3, 0.4) is 0 Å². The van der Waals surface area contributed by atoms with Crippen molar-refractivity contribution in [2.75, 3.05) is 36.0 Å². The third kappa shape index (κ3) is 3.65. The maximum atomic E-state index is 10.8. The van der Waals surface area contributed by atoms with Crippen molar-refractivity contribution in [1.29, 1.82) is 5.26 Å². The molecule has 0 spiro atoms. The highest BCUT2D eigenvalue weighted by Gasteiger charge is 2.24. The molecule has 0 aliphatic carbocycles. The summed E-state index contributed by atoms with van der Waals surface area (Å²) in [6.07, 6.45) is 2.78. The number of rotatable bonds is 5. The highest BCUT2D eigenvalue weighted by molar-refractivity contribution is 5.59. The molecule has 3 rings (SSSR count). The first kappa shape index (κ1) is 18.5. The van der Waals surface area contributed by atoms with Crippen LogP contribution in [0.4, 0.5) is 17.3 Å². The number of anilines is 2. The summed E-state index contributed by atoms with van der Waals surface area (Å²) in [5.41, 5.74) is 2.46. The van der Waals surface area contributed by atoms with Crippen molar-refractivity contribution < 1.29 is 4.92 Å². The van der Waals surface area contributed by atoms with Crippen LogP contribution >= 0.6 is 0 Å². The lowest BCUT2D eigenvalue weighted by Crippen LogP contribution is -2.47. The van der Waals surface area contributed by atoms with Gasteiger partial charge in [-0.05, 0) is 24.5 Å². The third-order valence-corrected chi connectivity index (χ3v) is 4.79. The van der Waals surface area contributed by atoms with Gasteiger partial charge in [-0.25, -0.2) is 4.98 Å². The number of nitriles is 1. The topological polar surface area (TPSA) is 112 Å². The summed E-state index contributed by atoms with van der Waals surface area (Å²) in [6.45, 7) is 6.77. The first-order chi connectivity index (χ1) is 13.1. The van der Waals surface area contributed by atoms with Crippen LogP contribution in [0.5, 0.6) is 0 Å². The van der Waals surface area contributed by atoms with Gasteiger partial charge < -0.3 is 9.80 Å². The van der Waals surface area contributed by atoms with E-state index >= 15 is 0 Å². The highest BCUT2D eigenvalue weighted by atomic mass is 16.6. The minimum absolute atomic E-state index is 0.0190. The van der Waals surface area contributed by atoms with Crippen LogP contribution in [0.1, 0.15) is 30.7 Å². The van der Waals surface area contributed by atoms with Gasteiger partial charge in [0.15, 0.2) is 5.82 Å². The predicted octanol–water partition coefficient (Wildman–Crippen LogP) is 2.10. The van der Waals surface area contributed by atoms with Crippen molar-refractivity contribution in [3.05, 3.63) is 45.3 Å². The molecule has 140 valence electrons. The first-order valence-electron chi connectivity index (χ1n) is 8.97. The molecule has 9 heteroatoms. The van der Waals surface area contributed by atoms with Crippen molar-refractivity contribution in [1.82, 2.24) is 15.2 Å². The Labute approximate surface area is 157 Å². The van der Waals surface area contributed by atoms with Crippen LogP contribution in [0, 0.1) is 21.4 Å². The maximum Gasteiger partial charge on any atom is 0.287 e. The van der Waals surface area contributed by atoms with Crippen molar-refractivity contribution in [2.24, 2.45) is 0 Å². The van der Waals surface area contributed by atoms with Crippen molar-refractivity contribution >= 4 is 17.3 Å². The van der Waals surface area contributed by atoms with E-state index in [1.54, 1.807) is 6.07 Å². The zero-order valence-corrected chi connectivity index (χ0v) is 15.4. The molecule has 0 radical (unpaired) electrons. The van der Waals surface area contributed by atoms with Gasteiger partial charge in [0.1, 0.15) is 23.6 Å². The summed E-state index contributed by atoms with van der Waals surface area (Å²) in [4.78, 5) is 18.6. The quantitative estimate of drug-likeness (QED) is 0.583. The fraction of sp³-hybridized carbons (Fsp3) is 0.444. The zero-order valence-electron chi connectivity index (χ0n) is 15.4. The average molecular weight is 367 g/mol. The number of aryl methyl sites for hydroxylation is 1. The molecule has 0 atom stereocenters. The van der Waals surface area contributed by atoms with Gasteiger partial charge in [-0.15, -0.1) is 5.10 Å². The summed E-state index contributed by atoms with van der Waals surface area (Å²) in [6, 6.07) is 5.44. The molecule has 0 aromatic carbocycles. The second-order valence-electron chi connectivity index (χ2n) is 6.25. The molecule has 0 amide bonds. The Morgan fingerprint density at radius 2 is 1.85 bits per heavy atom. The lowest BCUT2D eigenvalue weighted by atomic mass is 10.0. The number of piperazine rings is 1. The van der Waals surface area contributed by atoms with Crippen LogP contribution in [-0.4, -0.2) is 46.3 Å². The van der Waals surface area contributed by atoms with Gasteiger partial charge in [0, 0.05) is 32.2 Å². The Morgan fingerprint density at radius 1 is 1.15 bits per heavy atom. The molecule has 0 bridgehead atoms. The molecule has 3 heterocycles. The molecule has 0 N–H and O–H groups in total. The van der Waals surface area contributed by atoms with E-state index in [9.17, 15) is 15.4 Å². The maximum absolute atomic E-state index is 10.8. The predicted molar refractivity (Wildman–Crippen MR) is 101 cm³/mol. The first-order valence-corrected chi connectivity index (χ1v) is 8.97. The Balaban J connectivity index is 1.76. The van der Waals surface area contributed by atoms with E-state index in [1.165, 1.54) is 12.3 Å². The van der Waals surface area contributed by atoms with E-state index in [0.29, 0.717) is 43.4 Å². The van der Waals surface area contributed by atoms with E-state index in [4.69, 9.17) is 0 Å². The van der Waals surface area contributed by atoms with E-state index in [1.807, 2.05) is 13.8 Å².